The van der Waals surface area contributed by atoms with Crippen LogP contribution < -0.4 is 14.9 Å². The fraction of sp³-hybridized carbons (Fsp3) is 0.0952. The summed E-state index contributed by atoms with van der Waals surface area (Å²) in [6.07, 6.45) is 0. The lowest BCUT2D eigenvalue weighted by Crippen LogP contribution is -2.13. The van der Waals surface area contributed by atoms with E-state index in [2.05, 4.69) is 15.2 Å². The molecule has 8 heteroatoms. The van der Waals surface area contributed by atoms with E-state index in [1.165, 1.54) is 0 Å². The Morgan fingerprint density at radius 2 is 1.48 bits per heavy atom. The van der Waals surface area contributed by atoms with Crippen molar-refractivity contribution in [3.63, 3.8) is 0 Å². The average molecular weight is 430 g/mol. The van der Waals surface area contributed by atoms with Gasteiger partial charge < -0.3 is 4.74 Å². The van der Waals surface area contributed by atoms with Crippen LogP contribution in [0.3, 0.4) is 0 Å². The topological polar surface area (TPSA) is 79.8 Å². The van der Waals surface area contributed by atoms with Gasteiger partial charge in [0, 0.05) is 10.7 Å². The molecule has 29 heavy (non-hydrogen) atoms. The van der Waals surface area contributed by atoms with Crippen molar-refractivity contribution in [1.29, 1.82) is 0 Å². The predicted octanol–water partition coefficient (Wildman–Crippen LogP) is 4.99. The summed E-state index contributed by atoms with van der Waals surface area (Å²) in [6, 6.07) is 20.4. The molecule has 0 bridgehead atoms. The fourth-order valence-electron chi connectivity index (χ4n) is 2.49. The molecule has 0 saturated carbocycles. The number of ether oxygens (including phenoxy) is 1. The third kappa shape index (κ3) is 5.49. The van der Waals surface area contributed by atoms with Crippen LogP contribution in [0.4, 0.5) is 11.4 Å². The molecule has 0 aliphatic heterocycles. The number of hydrogen-bond acceptors (Lipinski definition) is 5. The summed E-state index contributed by atoms with van der Waals surface area (Å²) in [5, 5.41) is 4.97. The van der Waals surface area contributed by atoms with E-state index in [1.54, 1.807) is 67.8 Å². The molecule has 0 atom stereocenters. The zero-order chi connectivity index (χ0) is 20.9. The number of nitrogens with one attached hydrogen (secondary N) is 2. The Labute approximate surface area is 175 Å². The van der Waals surface area contributed by atoms with Crippen molar-refractivity contribution in [2.24, 2.45) is 5.10 Å². The van der Waals surface area contributed by atoms with E-state index in [0.717, 1.165) is 11.3 Å². The van der Waals surface area contributed by atoms with Crippen LogP contribution in [0.25, 0.3) is 0 Å². The molecule has 0 aliphatic rings. The number of hydrogen-bond donors (Lipinski definition) is 2. The van der Waals surface area contributed by atoms with Gasteiger partial charge in [-0.3, -0.25) is 10.1 Å². The number of halogens is 1. The third-order valence-electron chi connectivity index (χ3n) is 4.12. The van der Waals surface area contributed by atoms with Crippen LogP contribution >= 0.6 is 11.6 Å². The van der Waals surface area contributed by atoms with Crippen molar-refractivity contribution in [2.45, 2.75) is 11.8 Å². The molecule has 6 nitrogen and oxygen atoms in total. The van der Waals surface area contributed by atoms with Crippen molar-refractivity contribution in [3.05, 3.63) is 83.4 Å². The maximum Gasteiger partial charge on any atom is 0.261 e. The SMILES string of the molecule is COc1ccc(NS(=O)(=O)c2ccc(C(C)=NNc3ccc(Cl)cc3)cc2)cc1. The largest absolute Gasteiger partial charge is 0.497 e. The van der Waals surface area contributed by atoms with Crippen molar-refractivity contribution in [1.82, 2.24) is 0 Å². The van der Waals surface area contributed by atoms with Crippen LogP contribution in [0.5, 0.6) is 5.75 Å². The van der Waals surface area contributed by atoms with Gasteiger partial charge in [0.15, 0.2) is 0 Å². The lowest BCUT2D eigenvalue weighted by Gasteiger charge is -2.10. The molecular formula is C21H20ClN3O3S. The highest BCUT2D eigenvalue weighted by Crippen LogP contribution is 2.20. The van der Waals surface area contributed by atoms with E-state index < -0.39 is 10.0 Å². The molecule has 0 aromatic heterocycles. The van der Waals surface area contributed by atoms with Gasteiger partial charge in [-0.25, -0.2) is 8.42 Å². The number of sulfonamides is 1. The van der Waals surface area contributed by atoms with E-state index in [-0.39, 0.29) is 4.90 Å². The molecule has 0 spiro atoms. The molecule has 3 rings (SSSR count). The Balaban J connectivity index is 1.70. The third-order valence-corrected chi connectivity index (χ3v) is 5.77. The number of methoxy groups -OCH3 is 1. The van der Waals surface area contributed by atoms with E-state index in [0.29, 0.717) is 22.2 Å². The highest BCUT2D eigenvalue weighted by Gasteiger charge is 2.14. The summed E-state index contributed by atoms with van der Waals surface area (Å²) in [4.78, 5) is 0.163. The summed E-state index contributed by atoms with van der Waals surface area (Å²) in [5.74, 6) is 0.652. The van der Waals surface area contributed by atoms with E-state index in [4.69, 9.17) is 16.3 Å². The molecule has 3 aromatic carbocycles. The van der Waals surface area contributed by atoms with Crippen LogP contribution in [-0.2, 0) is 10.0 Å². The van der Waals surface area contributed by atoms with Gasteiger partial charge in [0.1, 0.15) is 5.75 Å². The van der Waals surface area contributed by atoms with Crippen LogP contribution in [0.15, 0.2) is 82.8 Å². The van der Waals surface area contributed by atoms with Gasteiger partial charge in [0.25, 0.3) is 10.0 Å². The van der Waals surface area contributed by atoms with E-state index in [9.17, 15) is 8.42 Å². The van der Waals surface area contributed by atoms with Crippen molar-refractivity contribution in [2.75, 3.05) is 17.3 Å². The Kier molecular flexibility index (Phi) is 6.41. The Morgan fingerprint density at radius 1 is 0.897 bits per heavy atom. The zero-order valence-electron chi connectivity index (χ0n) is 15.9. The normalized spacial score (nSPS) is 11.8. The quantitative estimate of drug-likeness (QED) is 0.409. The van der Waals surface area contributed by atoms with Crippen LogP contribution in [0, 0.1) is 0 Å². The predicted molar refractivity (Wildman–Crippen MR) is 118 cm³/mol. The summed E-state index contributed by atoms with van der Waals surface area (Å²) in [7, 11) is -2.14. The van der Waals surface area contributed by atoms with E-state index >= 15 is 0 Å². The molecule has 150 valence electrons. The molecule has 0 unspecified atom stereocenters. The monoisotopic (exact) mass is 429 g/mol. The van der Waals surface area contributed by atoms with Crippen LogP contribution in [0.2, 0.25) is 5.02 Å². The molecule has 0 radical (unpaired) electrons. The second-order valence-corrected chi connectivity index (χ2v) is 8.29. The Morgan fingerprint density at radius 3 is 2.07 bits per heavy atom. The van der Waals surface area contributed by atoms with Gasteiger partial charge in [-0.2, -0.15) is 5.10 Å². The van der Waals surface area contributed by atoms with Crippen LogP contribution in [-0.4, -0.2) is 21.2 Å². The maximum atomic E-state index is 12.6. The minimum absolute atomic E-state index is 0.163. The first kappa shape index (κ1) is 20.7. The lowest BCUT2D eigenvalue weighted by molar-refractivity contribution is 0.415. The first-order valence-corrected chi connectivity index (χ1v) is 10.6. The molecule has 0 fully saturated rings. The molecular weight excluding hydrogens is 410 g/mol. The summed E-state index contributed by atoms with van der Waals surface area (Å²) in [5.41, 5.74) is 5.72. The minimum Gasteiger partial charge on any atom is -0.497 e. The molecule has 0 amide bonds. The first-order chi connectivity index (χ1) is 13.9. The van der Waals surface area contributed by atoms with E-state index in [1.807, 2.05) is 19.1 Å². The van der Waals surface area contributed by atoms with Crippen LogP contribution in [0.1, 0.15) is 12.5 Å². The number of hydrazone groups is 1. The Hall–Kier alpha value is -3.03. The summed E-state index contributed by atoms with van der Waals surface area (Å²) >= 11 is 5.86. The highest BCUT2D eigenvalue weighted by molar-refractivity contribution is 7.92. The van der Waals surface area contributed by atoms with Crippen molar-refractivity contribution in [3.8, 4) is 5.75 Å². The van der Waals surface area contributed by atoms with Gasteiger partial charge in [-0.1, -0.05) is 23.7 Å². The molecule has 0 aliphatic carbocycles. The second kappa shape index (κ2) is 8.98. The highest BCUT2D eigenvalue weighted by atomic mass is 35.5. The number of benzene rings is 3. The Bertz CT molecular complexity index is 1100. The summed E-state index contributed by atoms with van der Waals surface area (Å²) < 4.78 is 32.8. The molecule has 2 N–H and O–H groups in total. The number of rotatable bonds is 7. The fourth-order valence-corrected chi connectivity index (χ4v) is 3.67. The van der Waals surface area contributed by atoms with Crippen molar-refractivity contribution >= 4 is 38.7 Å². The van der Waals surface area contributed by atoms with Crippen molar-refractivity contribution < 1.29 is 13.2 Å². The first-order valence-electron chi connectivity index (χ1n) is 8.70. The lowest BCUT2D eigenvalue weighted by atomic mass is 10.1. The zero-order valence-corrected chi connectivity index (χ0v) is 17.5. The van der Waals surface area contributed by atoms with Gasteiger partial charge >= 0.3 is 0 Å². The molecule has 0 heterocycles. The van der Waals surface area contributed by atoms with Gasteiger partial charge in [0.05, 0.1) is 23.4 Å². The maximum absolute atomic E-state index is 12.6. The molecule has 0 saturated heterocycles. The van der Waals surface area contributed by atoms with Gasteiger partial charge in [-0.05, 0) is 73.2 Å². The minimum atomic E-state index is -3.69. The average Bonchev–Trinajstić information content (AvgIpc) is 2.73. The van der Waals surface area contributed by atoms with Gasteiger partial charge in [-0.15, -0.1) is 0 Å². The number of nitrogens with zero attached hydrogens (tertiary/aromatic N) is 1. The smallest absolute Gasteiger partial charge is 0.261 e. The molecule has 3 aromatic rings. The summed E-state index contributed by atoms with van der Waals surface area (Å²) in [6.45, 7) is 1.84. The standard InChI is InChI=1S/C21H20ClN3O3S/c1-15(23-24-18-7-5-17(22)6-8-18)16-3-13-21(14-4-16)29(26,27)25-19-9-11-20(28-2)12-10-19/h3-14,24-25H,1-2H3. The van der Waals surface area contributed by atoms with Gasteiger partial charge in [0.2, 0.25) is 0 Å². The second-order valence-electron chi connectivity index (χ2n) is 6.17. The number of anilines is 2.